The van der Waals surface area contributed by atoms with Crippen LogP contribution < -0.4 is 10.2 Å². The summed E-state index contributed by atoms with van der Waals surface area (Å²) in [6.45, 7) is 4.09. The lowest BCUT2D eigenvalue weighted by molar-refractivity contribution is 0.0999. The number of aryl methyl sites for hydroxylation is 1. The number of hydrogen-bond acceptors (Lipinski definition) is 4. The van der Waals surface area contributed by atoms with Gasteiger partial charge in [0.15, 0.2) is 0 Å². The molecule has 0 atom stereocenters. The standard InChI is InChI=1S/C22H23N3OS/c1-4-27-20-13-9-8-12-18(20)25(22(26)17-10-6-5-7-11-17)19-14-16(2)15-24-21(19)23-3/h5-15H,4H2,1-3H3,(H,23,24). The van der Waals surface area contributed by atoms with Gasteiger partial charge in [0.1, 0.15) is 5.82 Å². The monoisotopic (exact) mass is 377 g/mol. The van der Waals surface area contributed by atoms with Gasteiger partial charge in [-0.2, -0.15) is 0 Å². The molecule has 1 aromatic heterocycles. The highest BCUT2D eigenvalue weighted by atomic mass is 32.2. The number of carbonyl (C=O) groups is 1. The number of nitrogens with one attached hydrogen (secondary N) is 1. The number of thioether (sulfide) groups is 1. The third-order valence-corrected chi connectivity index (χ3v) is 5.06. The smallest absolute Gasteiger partial charge is 0.262 e. The quantitative estimate of drug-likeness (QED) is 0.574. The number of carbonyl (C=O) groups excluding carboxylic acids is 1. The maximum Gasteiger partial charge on any atom is 0.262 e. The highest BCUT2D eigenvalue weighted by Gasteiger charge is 2.25. The second-order valence-corrected chi connectivity index (χ2v) is 7.34. The first kappa shape index (κ1) is 19.0. The first-order valence-corrected chi connectivity index (χ1v) is 9.90. The van der Waals surface area contributed by atoms with Crippen LogP contribution in [-0.2, 0) is 0 Å². The van der Waals surface area contributed by atoms with Crippen molar-refractivity contribution in [2.24, 2.45) is 0 Å². The highest BCUT2D eigenvalue weighted by Crippen LogP contribution is 2.38. The van der Waals surface area contributed by atoms with Crippen molar-refractivity contribution in [1.29, 1.82) is 0 Å². The molecule has 0 aliphatic rings. The Kier molecular flexibility index (Phi) is 6.14. The average Bonchev–Trinajstić information content (AvgIpc) is 2.70. The minimum Gasteiger partial charge on any atom is -0.371 e. The van der Waals surface area contributed by atoms with Gasteiger partial charge in [-0.05, 0) is 48.6 Å². The minimum atomic E-state index is -0.0800. The van der Waals surface area contributed by atoms with Gasteiger partial charge in [-0.3, -0.25) is 9.69 Å². The predicted octanol–water partition coefficient (Wildman–Crippen LogP) is 5.52. The molecule has 0 aliphatic heterocycles. The summed E-state index contributed by atoms with van der Waals surface area (Å²) < 4.78 is 0. The molecule has 4 nitrogen and oxygen atoms in total. The molecule has 3 rings (SSSR count). The van der Waals surface area contributed by atoms with E-state index < -0.39 is 0 Å². The summed E-state index contributed by atoms with van der Waals surface area (Å²) in [6, 6.07) is 19.3. The van der Waals surface area contributed by atoms with Crippen molar-refractivity contribution in [1.82, 2.24) is 4.98 Å². The normalized spacial score (nSPS) is 10.5. The molecule has 2 aromatic carbocycles. The topological polar surface area (TPSA) is 45.2 Å². The van der Waals surface area contributed by atoms with Crippen LogP contribution in [0.25, 0.3) is 0 Å². The van der Waals surface area contributed by atoms with E-state index in [0.717, 1.165) is 27.6 Å². The number of benzene rings is 2. The molecule has 0 saturated carbocycles. The van der Waals surface area contributed by atoms with E-state index in [1.165, 1.54) is 0 Å². The van der Waals surface area contributed by atoms with Crippen LogP contribution in [0.2, 0.25) is 0 Å². The number of hydrogen-bond donors (Lipinski definition) is 1. The van der Waals surface area contributed by atoms with Crippen LogP contribution >= 0.6 is 11.8 Å². The Morgan fingerprint density at radius 2 is 1.78 bits per heavy atom. The second kappa shape index (κ2) is 8.73. The van der Waals surface area contributed by atoms with Crippen LogP contribution in [0.3, 0.4) is 0 Å². The number of nitrogens with zero attached hydrogens (tertiary/aromatic N) is 2. The van der Waals surface area contributed by atoms with Gasteiger partial charge in [0.05, 0.1) is 11.4 Å². The van der Waals surface area contributed by atoms with Crippen molar-refractivity contribution >= 4 is 34.9 Å². The number of aromatic nitrogens is 1. The zero-order valence-corrected chi connectivity index (χ0v) is 16.6. The Morgan fingerprint density at radius 3 is 2.48 bits per heavy atom. The lowest BCUT2D eigenvalue weighted by Gasteiger charge is -2.27. The molecule has 27 heavy (non-hydrogen) atoms. The van der Waals surface area contributed by atoms with Gasteiger partial charge in [-0.1, -0.05) is 37.3 Å². The van der Waals surface area contributed by atoms with Gasteiger partial charge in [0, 0.05) is 23.7 Å². The molecular weight excluding hydrogens is 354 g/mol. The summed E-state index contributed by atoms with van der Waals surface area (Å²) in [5.74, 6) is 1.51. The number of pyridine rings is 1. The molecule has 0 bridgehead atoms. The van der Waals surface area contributed by atoms with Crippen molar-refractivity contribution in [3.05, 3.63) is 78.0 Å². The molecule has 138 valence electrons. The fourth-order valence-corrected chi connectivity index (χ4v) is 3.69. The number of rotatable bonds is 6. The SMILES string of the molecule is CCSc1ccccc1N(C(=O)c1ccccc1)c1cc(C)cnc1NC. The van der Waals surface area contributed by atoms with Crippen LogP contribution in [0.4, 0.5) is 17.2 Å². The van der Waals surface area contributed by atoms with E-state index in [2.05, 4.69) is 23.3 Å². The first-order valence-electron chi connectivity index (χ1n) is 8.91. The molecule has 1 amide bonds. The summed E-state index contributed by atoms with van der Waals surface area (Å²) >= 11 is 1.72. The van der Waals surface area contributed by atoms with E-state index in [1.54, 1.807) is 22.9 Å². The zero-order valence-electron chi connectivity index (χ0n) is 15.8. The van der Waals surface area contributed by atoms with Gasteiger partial charge in [0.2, 0.25) is 0 Å². The van der Waals surface area contributed by atoms with E-state index in [9.17, 15) is 4.79 Å². The van der Waals surface area contributed by atoms with Crippen LogP contribution in [0, 0.1) is 6.92 Å². The van der Waals surface area contributed by atoms with Gasteiger partial charge >= 0.3 is 0 Å². The Balaban J connectivity index is 2.22. The van der Waals surface area contributed by atoms with Gasteiger partial charge in [-0.25, -0.2) is 4.98 Å². The maximum absolute atomic E-state index is 13.5. The van der Waals surface area contributed by atoms with Crippen molar-refractivity contribution in [2.75, 3.05) is 23.0 Å². The van der Waals surface area contributed by atoms with Crippen molar-refractivity contribution in [3.63, 3.8) is 0 Å². The molecule has 0 unspecified atom stereocenters. The van der Waals surface area contributed by atoms with E-state index in [1.807, 2.05) is 68.6 Å². The van der Waals surface area contributed by atoms with Crippen molar-refractivity contribution < 1.29 is 4.79 Å². The van der Waals surface area contributed by atoms with E-state index >= 15 is 0 Å². The summed E-state index contributed by atoms with van der Waals surface area (Å²) in [6.07, 6.45) is 1.80. The molecule has 0 fully saturated rings. The fraction of sp³-hybridized carbons (Fsp3) is 0.182. The van der Waals surface area contributed by atoms with E-state index in [0.29, 0.717) is 11.4 Å². The molecule has 1 N–H and O–H groups in total. The Labute approximate surface area is 164 Å². The highest BCUT2D eigenvalue weighted by molar-refractivity contribution is 7.99. The third-order valence-electron chi connectivity index (χ3n) is 4.11. The second-order valence-electron chi connectivity index (χ2n) is 6.04. The largest absolute Gasteiger partial charge is 0.371 e. The Morgan fingerprint density at radius 1 is 1.07 bits per heavy atom. The van der Waals surface area contributed by atoms with Crippen LogP contribution in [0.15, 0.2) is 71.8 Å². The molecule has 3 aromatic rings. The Hall–Kier alpha value is -2.79. The van der Waals surface area contributed by atoms with Crippen LogP contribution in [-0.4, -0.2) is 23.7 Å². The van der Waals surface area contributed by atoms with E-state index in [-0.39, 0.29) is 5.91 Å². The summed E-state index contributed by atoms with van der Waals surface area (Å²) in [5, 5.41) is 3.12. The lowest BCUT2D eigenvalue weighted by atomic mass is 10.1. The van der Waals surface area contributed by atoms with E-state index in [4.69, 9.17) is 0 Å². The number of para-hydroxylation sites is 1. The summed E-state index contributed by atoms with van der Waals surface area (Å²) in [4.78, 5) is 20.9. The van der Waals surface area contributed by atoms with Crippen molar-refractivity contribution in [3.8, 4) is 0 Å². The van der Waals surface area contributed by atoms with Crippen LogP contribution in [0.1, 0.15) is 22.8 Å². The Bertz CT molecular complexity index is 928. The molecular formula is C22H23N3OS. The average molecular weight is 378 g/mol. The zero-order chi connectivity index (χ0) is 19.2. The third kappa shape index (κ3) is 4.14. The predicted molar refractivity (Wildman–Crippen MR) is 114 cm³/mol. The molecule has 0 aliphatic carbocycles. The number of amides is 1. The molecule has 0 spiro atoms. The molecule has 1 heterocycles. The van der Waals surface area contributed by atoms with Crippen LogP contribution in [0.5, 0.6) is 0 Å². The first-order chi connectivity index (χ1) is 13.2. The summed E-state index contributed by atoms with van der Waals surface area (Å²) in [7, 11) is 1.82. The maximum atomic E-state index is 13.5. The summed E-state index contributed by atoms with van der Waals surface area (Å²) in [5.41, 5.74) is 3.24. The molecule has 0 radical (unpaired) electrons. The molecule has 0 saturated heterocycles. The van der Waals surface area contributed by atoms with Gasteiger partial charge in [0.25, 0.3) is 5.91 Å². The number of anilines is 3. The van der Waals surface area contributed by atoms with Crippen molar-refractivity contribution in [2.45, 2.75) is 18.7 Å². The van der Waals surface area contributed by atoms with Gasteiger partial charge in [-0.15, -0.1) is 11.8 Å². The minimum absolute atomic E-state index is 0.0800. The lowest BCUT2D eigenvalue weighted by Crippen LogP contribution is -2.27. The van der Waals surface area contributed by atoms with Gasteiger partial charge < -0.3 is 5.32 Å². The molecule has 5 heteroatoms. The fourth-order valence-electron chi connectivity index (χ4n) is 2.89.